The highest BCUT2D eigenvalue weighted by molar-refractivity contribution is 7.99. The lowest BCUT2D eigenvalue weighted by Gasteiger charge is -2.16. The standard InChI is InChI=1S/C27H27ClN4O5S2/c1-15-12-18(28)8-11-21(15)37-16(2)24-30-31-27(32(24)3)39-14-22(33)29-25-23(26(34)36-5)20(13-38-25)17-6-9-19(35-4)10-7-17/h6-13,16H,14H2,1-5H3,(H,29,33). The van der Waals surface area contributed by atoms with Gasteiger partial charge in [-0.2, -0.15) is 0 Å². The molecule has 0 spiro atoms. The zero-order chi connectivity index (χ0) is 28.1. The van der Waals surface area contributed by atoms with Crippen LogP contribution in [0.15, 0.2) is 53.0 Å². The summed E-state index contributed by atoms with van der Waals surface area (Å²) in [5.74, 6) is 1.25. The second-order valence-electron chi connectivity index (χ2n) is 8.48. The Kier molecular flexibility index (Phi) is 9.16. The van der Waals surface area contributed by atoms with Crippen LogP contribution in [0, 0.1) is 6.92 Å². The van der Waals surface area contributed by atoms with Gasteiger partial charge in [0.1, 0.15) is 22.1 Å². The number of esters is 1. The van der Waals surface area contributed by atoms with Crippen LogP contribution in [0.25, 0.3) is 11.1 Å². The molecule has 204 valence electrons. The molecule has 4 aromatic rings. The van der Waals surface area contributed by atoms with Gasteiger partial charge in [-0.25, -0.2) is 4.79 Å². The number of carbonyl (C=O) groups excluding carboxylic acids is 2. The highest BCUT2D eigenvalue weighted by Gasteiger charge is 2.23. The van der Waals surface area contributed by atoms with Crippen molar-refractivity contribution >= 4 is 51.6 Å². The number of amides is 1. The molecule has 0 aliphatic carbocycles. The number of carbonyl (C=O) groups is 2. The molecule has 39 heavy (non-hydrogen) atoms. The van der Waals surface area contributed by atoms with Gasteiger partial charge in [0.2, 0.25) is 5.91 Å². The SMILES string of the molecule is COC(=O)c1c(-c2ccc(OC)cc2)csc1NC(=O)CSc1nnc(C(C)Oc2ccc(Cl)cc2C)n1C. The molecule has 0 radical (unpaired) electrons. The van der Waals surface area contributed by atoms with E-state index in [-0.39, 0.29) is 17.8 Å². The molecule has 0 fully saturated rings. The number of halogens is 1. The lowest BCUT2D eigenvalue weighted by molar-refractivity contribution is -0.113. The summed E-state index contributed by atoms with van der Waals surface area (Å²) in [7, 11) is 4.72. The zero-order valence-corrected chi connectivity index (χ0v) is 24.4. The van der Waals surface area contributed by atoms with E-state index in [2.05, 4.69) is 15.5 Å². The van der Waals surface area contributed by atoms with E-state index in [1.54, 1.807) is 29.9 Å². The number of thiophene rings is 1. The van der Waals surface area contributed by atoms with Crippen LogP contribution in [0.5, 0.6) is 11.5 Å². The zero-order valence-electron chi connectivity index (χ0n) is 22.0. The molecule has 0 saturated heterocycles. The van der Waals surface area contributed by atoms with Crippen LogP contribution >= 0.6 is 34.7 Å². The number of nitrogens with one attached hydrogen (secondary N) is 1. The van der Waals surface area contributed by atoms with Gasteiger partial charge in [-0.3, -0.25) is 4.79 Å². The van der Waals surface area contributed by atoms with Crippen molar-refractivity contribution in [3.05, 3.63) is 69.8 Å². The van der Waals surface area contributed by atoms with E-state index in [0.717, 1.165) is 11.1 Å². The summed E-state index contributed by atoms with van der Waals surface area (Å²) in [5.41, 5.74) is 2.69. The fraction of sp³-hybridized carbons (Fsp3) is 0.259. The molecule has 12 heteroatoms. The van der Waals surface area contributed by atoms with Crippen LogP contribution in [-0.4, -0.2) is 46.6 Å². The Morgan fingerprint density at radius 2 is 1.90 bits per heavy atom. The molecule has 0 bridgehead atoms. The van der Waals surface area contributed by atoms with Gasteiger partial charge in [0, 0.05) is 23.0 Å². The van der Waals surface area contributed by atoms with Gasteiger partial charge >= 0.3 is 5.97 Å². The van der Waals surface area contributed by atoms with Gasteiger partial charge in [-0.15, -0.1) is 21.5 Å². The van der Waals surface area contributed by atoms with Gasteiger partial charge in [-0.05, 0) is 55.3 Å². The van der Waals surface area contributed by atoms with Crippen molar-refractivity contribution < 1.29 is 23.8 Å². The van der Waals surface area contributed by atoms with Crippen molar-refractivity contribution in [1.29, 1.82) is 0 Å². The van der Waals surface area contributed by atoms with Crippen molar-refractivity contribution in [2.45, 2.75) is 25.1 Å². The number of hydrogen-bond acceptors (Lipinski definition) is 9. The highest BCUT2D eigenvalue weighted by atomic mass is 35.5. The number of nitrogens with zero attached hydrogens (tertiary/aromatic N) is 3. The Balaban J connectivity index is 1.43. The first-order valence-electron chi connectivity index (χ1n) is 11.8. The van der Waals surface area contributed by atoms with Crippen molar-refractivity contribution in [3.63, 3.8) is 0 Å². The number of aryl methyl sites for hydroxylation is 1. The Hall–Kier alpha value is -3.54. The Bertz CT molecular complexity index is 1490. The van der Waals surface area contributed by atoms with Crippen LogP contribution < -0.4 is 14.8 Å². The van der Waals surface area contributed by atoms with Gasteiger partial charge < -0.3 is 24.1 Å². The molecule has 2 aromatic carbocycles. The van der Waals surface area contributed by atoms with Crippen molar-refractivity contribution in [2.75, 3.05) is 25.3 Å². The summed E-state index contributed by atoms with van der Waals surface area (Å²) in [6.45, 7) is 3.80. The third-order valence-electron chi connectivity index (χ3n) is 5.84. The summed E-state index contributed by atoms with van der Waals surface area (Å²) < 4.78 is 18.1. The van der Waals surface area contributed by atoms with Crippen molar-refractivity contribution in [2.24, 2.45) is 7.05 Å². The Morgan fingerprint density at radius 3 is 2.56 bits per heavy atom. The fourth-order valence-electron chi connectivity index (χ4n) is 3.82. The van der Waals surface area contributed by atoms with Crippen LogP contribution in [-0.2, 0) is 16.6 Å². The highest BCUT2D eigenvalue weighted by Crippen LogP contribution is 2.37. The molecular formula is C27H27ClN4O5S2. The van der Waals surface area contributed by atoms with E-state index >= 15 is 0 Å². The molecule has 2 aromatic heterocycles. The molecule has 0 saturated carbocycles. The summed E-state index contributed by atoms with van der Waals surface area (Å²) in [6.07, 6.45) is -0.379. The minimum atomic E-state index is -0.534. The van der Waals surface area contributed by atoms with Crippen molar-refractivity contribution in [3.8, 4) is 22.6 Å². The number of rotatable bonds is 10. The van der Waals surface area contributed by atoms with E-state index < -0.39 is 5.97 Å². The van der Waals surface area contributed by atoms with E-state index in [1.807, 2.05) is 50.5 Å². The molecule has 2 heterocycles. The molecule has 4 rings (SSSR count). The number of thioether (sulfide) groups is 1. The average Bonchev–Trinajstić information content (AvgIpc) is 3.51. The van der Waals surface area contributed by atoms with E-state index in [9.17, 15) is 9.59 Å². The first-order chi connectivity index (χ1) is 18.7. The minimum absolute atomic E-state index is 0.0634. The number of anilines is 1. The number of methoxy groups -OCH3 is 2. The second kappa shape index (κ2) is 12.5. The van der Waals surface area contributed by atoms with Crippen molar-refractivity contribution in [1.82, 2.24) is 14.8 Å². The monoisotopic (exact) mass is 586 g/mol. The molecule has 0 aliphatic rings. The molecule has 1 unspecified atom stereocenters. The Labute approximate surface area is 239 Å². The predicted molar refractivity (Wildman–Crippen MR) is 153 cm³/mol. The molecule has 9 nitrogen and oxygen atoms in total. The third kappa shape index (κ3) is 6.55. The normalized spacial score (nSPS) is 11.6. The van der Waals surface area contributed by atoms with Crippen LogP contribution in [0.1, 0.15) is 34.8 Å². The minimum Gasteiger partial charge on any atom is -0.497 e. The largest absolute Gasteiger partial charge is 0.497 e. The lowest BCUT2D eigenvalue weighted by Crippen LogP contribution is -2.16. The average molecular weight is 587 g/mol. The van der Waals surface area contributed by atoms with Gasteiger partial charge in [0.15, 0.2) is 17.1 Å². The molecular weight excluding hydrogens is 560 g/mol. The predicted octanol–water partition coefficient (Wildman–Crippen LogP) is 6.17. The van der Waals surface area contributed by atoms with Gasteiger partial charge in [0.25, 0.3) is 0 Å². The summed E-state index contributed by atoms with van der Waals surface area (Å²) in [5, 5.41) is 14.8. The quantitative estimate of drug-likeness (QED) is 0.174. The molecule has 0 aliphatic heterocycles. The molecule has 1 N–H and O–H groups in total. The van der Waals surface area contributed by atoms with Gasteiger partial charge in [-0.1, -0.05) is 35.5 Å². The number of benzene rings is 2. The molecule has 1 atom stereocenters. The number of aromatic nitrogens is 3. The lowest BCUT2D eigenvalue weighted by atomic mass is 10.0. The first kappa shape index (κ1) is 28.5. The maximum absolute atomic E-state index is 12.8. The summed E-state index contributed by atoms with van der Waals surface area (Å²) >= 11 is 8.53. The third-order valence-corrected chi connectivity index (χ3v) is 7.99. The second-order valence-corrected chi connectivity index (χ2v) is 10.7. The Morgan fingerprint density at radius 1 is 1.15 bits per heavy atom. The number of ether oxygens (including phenoxy) is 3. The summed E-state index contributed by atoms with van der Waals surface area (Å²) in [6, 6.07) is 12.7. The van der Waals surface area contributed by atoms with Crippen LogP contribution in [0.3, 0.4) is 0 Å². The fourth-order valence-corrected chi connectivity index (χ4v) is 5.74. The first-order valence-corrected chi connectivity index (χ1v) is 14.0. The smallest absolute Gasteiger partial charge is 0.341 e. The topological polar surface area (TPSA) is 105 Å². The molecule has 1 amide bonds. The van der Waals surface area contributed by atoms with Crippen LogP contribution in [0.4, 0.5) is 5.00 Å². The van der Waals surface area contributed by atoms with E-state index in [1.165, 1.54) is 30.2 Å². The summed E-state index contributed by atoms with van der Waals surface area (Å²) in [4.78, 5) is 25.5. The van der Waals surface area contributed by atoms with Crippen LogP contribution in [0.2, 0.25) is 5.02 Å². The maximum atomic E-state index is 12.8. The van der Waals surface area contributed by atoms with E-state index in [0.29, 0.717) is 43.6 Å². The van der Waals surface area contributed by atoms with E-state index in [4.69, 9.17) is 25.8 Å². The maximum Gasteiger partial charge on any atom is 0.341 e. The van der Waals surface area contributed by atoms with Gasteiger partial charge in [0.05, 0.1) is 20.0 Å². The number of hydrogen-bond donors (Lipinski definition) is 1.